The van der Waals surface area contributed by atoms with Gasteiger partial charge in [0.1, 0.15) is 5.82 Å². The van der Waals surface area contributed by atoms with Gasteiger partial charge < -0.3 is 10.6 Å². The summed E-state index contributed by atoms with van der Waals surface area (Å²) in [6.45, 7) is 12.2. The summed E-state index contributed by atoms with van der Waals surface area (Å²) in [6.07, 6.45) is 1.22. The van der Waals surface area contributed by atoms with Crippen LogP contribution in [0.4, 0.5) is 14.5 Å². The lowest BCUT2D eigenvalue weighted by molar-refractivity contribution is -0.119. The Hall–Kier alpha value is -2.69. The molecule has 0 fully saturated rings. The van der Waals surface area contributed by atoms with Gasteiger partial charge in [-0.3, -0.25) is 4.79 Å². The second kappa shape index (κ2) is 9.68. The fourth-order valence-corrected chi connectivity index (χ4v) is 2.98. The van der Waals surface area contributed by atoms with E-state index >= 15 is 0 Å². The number of halogens is 2. The van der Waals surface area contributed by atoms with Crippen LogP contribution in [0.15, 0.2) is 36.2 Å². The van der Waals surface area contributed by atoms with Gasteiger partial charge in [-0.25, -0.2) is 8.78 Å². The fraction of sp³-hybridized carbons (Fsp3) is 0.375. The summed E-state index contributed by atoms with van der Waals surface area (Å²) in [5.74, 6) is -1.43. The number of carbonyl (C=O) groups excluding carboxylic acids is 1. The predicted molar refractivity (Wildman–Crippen MR) is 117 cm³/mol. The molecule has 0 bridgehead atoms. The van der Waals surface area contributed by atoms with Gasteiger partial charge in [-0.15, -0.1) is 0 Å². The molecule has 0 heterocycles. The van der Waals surface area contributed by atoms with Crippen LogP contribution in [0.1, 0.15) is 44.4 Å². The molecule has 0 aromatic heterocycles. The van der Waals surface area contributed by atoms with Crippen LogP contribution in [0, 0.1) is 25.6 Å². The Bertz CT molecular complexity index is 917. The lowest BCUT2D eigenvalue weighted by atomic mass is 9.94. The lowest BCUT2D eigenvalue weighted by Gasteiger charge is -2.14. The van der Waals surface area contributed by atoms with E-state index in [2.05, 4.69) is 24.5 Å². The van der Waals surface area contributed by atoms with Gasteiger partial charge in [0.15, 0.2) is 5.83 Å². The van der Waals surface area contributed by atoms with Crippen LogP contribution in [-0.4, -0.2) is 18.5 Å². The van der Waals surface area contributed by atoms with Gasteiger partial charge in [-0.05, 0) is 80.1 Å². The smallest absolute Gasteiger partial charge is 0.280 e. The van der Waals surface area contributed by atoms with Crippen LogP contribution in [0.25, 0.3) is 17.2 Å². The SMILES string of the molecule is Cc1cc(-c2ccc(NCC(C)C)cc2F)c(C)cc1C=C(F)C(=O)NC(C)C. The van der Waals surface area contributed by atoms with Crippen LogP contribution in [0.3, 0.4) is 0 Å². The van der Waals surface area contributed by atoms with E-state index in [1.54, 1.807) is 26.0 Å². The number of aryl methyl sites for hydroxylation is 2. The molecular weight excluding hydrogens is 370 g/mol. The molecule has 0 radical (unpaired) electrons. The first kappa shape index (κ1) is 22.6. The second-order valence-electron chi connectivity index (χ2n) is 8.11. The average molecular weight is 401 g/mol. The van der Waals surface area contributed by atoms with E-state index in [-0.39, 0.29) is 11.9 Å². The Labute approximate surface area is 172 Å². The third-order valence-electron chi connectivity index (χ3n) is 4.51. The van der Waals surface area contributed by atoms with Crippen LogP contribution >= 0.6 is 0 Å². The molecule has 0 saturated heterocycles. The zero-order chi connectivity index (χ0) is 21.7. The van der Waals surface area contributed by atoms with Crippen LogP contribution < -0.4 is 10.6 Å². The van der Waals surface area contributed by atoms with Crippen LogP contribution in [-0.2, 0) is 4.79 Å². The van der Waals surface area contributed by atoms with Gasteiger partial charge in [-0.1, -0.05) is 26.0 Å². The quantitative estimate of drug-likeness (QED) is 0.559. The van der Waals surface area contributed by atoms with Gasteiger partial charge in [0.25, 0.3) is 5.91 Å². The topological polar surface area (TPSA) is 41.1 Å². The van der Waals surface area contributed by atoms with Crippen molar-refractivity contribution in [2.24, 2.45) is 5.92 Å². The zero-order valence-electron chi connectivity index (χ0n) is 18.0. The normalized spacial score (nSPS) is 11.9. The zero-order valence-corrected chi connectivity index (χ0v) is 18.0. The lowest BCUT2D eigenvalue weighted by Crippen LogP contribution is -2.30. The Morgan fingerprint density at radius 2 is 1.72 bits per heavy atom. The van der Waals surface area contributed by atoms with Crippen molar-refractivity contribution in [1.29, 1.82) is 0 Å². The summed E-state index contributed by atoms with van der Waals surface area (Å²) < 4.78 is 28.9. The van der Waals surface area contributed by atoms with Gasteiger partial charge in [0.2, 0.25) is 0 Å². The van der Waals surface area contributed by atoms with Gasteiger partial charge in [-0.2, -0.15) is 0 Å². The van der Waals surface area contributed by atoms with E-state index in [4.69, 9.17) is 0 Å². The molecule has 0 spiro atoms. The highest BCUT2D eigenvalue weighted by Crippen LogP contribution is 2.31. The van der Waals surface area contributed by atoms with Gasteiger partial charge >= 0.3 is 0 Å². The van der Waals surface area contributed by atoms with Crippen LogP contribution in [0.5, 0.6) is 0 Å². The third kappa shape index (κ3) is 6.14. The largest absolute Gasteiger partial charge is 0.385 e. The number of amides is 1. The molecule has 2 N–H and O–H groups in total. The predicted octanol–water partition coefficient (Wildman–Crippen LogP) is 6.01. The minimum atomic E-state index is -0.847. The minimum absolute atomic E-state index is 0.146. The summed E-state index contributed by atoms with van der Waals surface area (Å²) in [7, 11) is 0. The average Bonchev–Trinajstić information content (AvgIpc) is 2.62. The number of rotatable bonds is 7. The number of benzene rings is 2. The van der Waals surface area contributed by atoms with Crippen molar-refractivity contribution in [3.8, 4) is 11.1 Å². The van der Waals surface area contributed by atoms with Crippen molar-refractivity contribution in [3.63, 3.8) is 0 Å². The van der Waals surface area contributed by atoms with E-state index in [1.807, 2.05) is 26.0 Å². The maximum atomic E-state index is 14.7. The Balaban J connectivity index is 2.33. The third-order valence-corrected chi connectivity index (χ3v) is 4.51. The monoisotopic (exact) mass is 400 g/mol. The molecule has 0 unspecified atom stereocenters. The van der Waals surface area contributed by atoms with E-state index < -0.39 is 11.7 Å². The Morgan fingerprint density at radius 3 is 2.31 bits per heavy atom. The molecule has 0 aliphatic rings. The number of hydrogen-bond donors (Lipinski definition) is 2. The van der Waals surface area contributed by atoms with Gasteiger partial charge in [0.05, 0.1) is 0 Å². The summed E-state index contributed by atoms with van der Waals surface area (Å²) in [4.78, 5) is 11.8. The van der Waals surface area contributed by atoms with E-state index in [9.17, 15) is 13.6 Å². The van der Waals surface area contributed by atoms with Crippen molar-refractivity contribution in [1.82, 2.24) is 5.32 Å². The molecule has 5 heteroatoms. The first-order valence-corrected chi connectivity index (χ1v) is 9.91. The van der Waals surface area contributed by atoms with Crippen molar-refractivity contribution < 1.29 is 13.6 Å². The number of anilines is 1. The summed E-state index contributed by atoms with van der Waals surface area (Å²) in [5.41, 5.74) is 4.15. The maximum absolute atomic E-state index is 14.7. The minimum Gasteiger partial charge on any atom is -0.385 e. The van der Waals surface area contributed by atoms with E-state index in [1.165, 1.54) is 12.1 Å². The molecule has 2 aromatic carbocycles. The van der Waals surface area contributed by atoms with Crippen molar-refractivity contribution in [3.05, 3.63) is 58.7 Å². The maximum Gasteiger partial charge on any atom is 0.280 e. The molecule has 156 valence electrons. The highest BCUT2D eigenvalue weighted by atomic mass is 19.1. The molecule has 0 atom stereocenters. The standard InChI is InChI=1S/C24H30F2N2O/c1-14(2)13-27-19-7-8-20(22(25)12-19)21-10-16(5)18(9-17(21)6)11-23(26)24(29)28-15(3)4/h7-12,14-15,27H,13H2,1-6H3,(H,28,29). The number of nitrogens with one attached hydrogen (secondary N) is 2. The highest BCUT2D eigenvalue weighted by Gasteiger charge is 2.14. The van der Waals surface area contributed by atoms with E-state index in [0.29, 0.717) is 17.0 Å². The molecule has 1 amide bonds. The first-order valence-electron chi connectivity index (χ1n) is 9.91. The molecule has 0 aliphatic heterocycles. The molecular formula is C24H30F2N2O. The van der Waals surface area contributed by atoms with Crippen molar-refractivity contribution >= 4 is 17.7 Å². The number of carbonyl (C=O) groups is 1. The van der Waals surface area contributed by atoms with E-state index in [0.717, 1.165) is 28.9 Å². The highest BCUT2D eigenvalue weighted by molar-refractivity contribution is 5.96. The molecule has 0 aliphatic carbocycles. The first-order chi connectivity index (χ1) is 13.6. The molecule has 0 saturated carbocycles. The Kier molecular flexibility index (Phi) is 7.54. The molecule has 29 heavy (non-hydrogen) atoms. The molecule has 2 rings (SSSR count). The second-order valence-corrected chi connectivity index (χ2v) is 8.11. The number of hydrogen-bond acceptors (Lipinski definition) is 2. The molecule has 3 nitrogen and oxygen atoms in total. The summed E-state index contributed by atoms with van der Waals surface area (Å²) >= 11 is 0. The Morgan fingerprint density at radius 1 is 1.03 bits per heavy atom. The molecule has 2 aromatic rings. The van der Waals surface area contributed by atoms with Crippen molar-refractivity contribution in [2.75, 3.05) is 11.9 Å². The fourth-order valence-electron chi connectivity index (χ4n) is 2.98. The summed E-state index contributed by atoms with van der Waals surface area (Å²) in [5, 5.41) is 5.74. The van der Waals surface area contributed by atoms with Crippen molar-refractivity contribution in [2.45, 2.75) is 47.6 Å². The summed E-state index contributed by atoms with van der Waals surface area (Å²) in [6, 6.07) is 8.57. The van der Waals surface area contributed by atoms with Gasteiger partial charge in [0, 0.05) is 23.8 Å². The van der Waals surface area contributed by atoms with Crippen LogP contribution in [0.2, 0.25) is 0 Å².